The van der Waals surface area contributed by atoms with Gasteiger partial charge in [-0.15, -0.1) is 0 Å². The van der Waals surface area contributed by atoms with Crippen molar-refractivity contribution in [1.82, 2.24) is 5.32 Å². The van der Waals surface area contributed by atoms with E-state index in [0.29, 0.717) is 18.5 Å². The van der Waals surface area contributed by atoms with Gasteiger partial charge >= 0.3 is 0 Å². The summed E-state index contributed by atoms with van der Waals surface area (Å²) < 4.78 is 19.3. The van der Waals surface area contributed by atoms with E-state index in [-0.39, 0.29) is 24.4 Å². The van der Waals surface area contributed by atoms with Gasteiger partial charge in [0, 0.05) is 31.7 Å². The van der Waals surface area contributed by atoms with Crippen LogP contribution in [0.2, 0.25) is 0 Å². The van der Waals surface area contributed by atoms with Gasteiger partial charge in [0.05, 0.1) is 6.10 Å². The Bertz CT molecular complexity index is 473. The van der Waals surface area contributed by atoms with Gasteiger partial charge in [-0.05, 0) is 37.3 Å². The number of nitrogens with two attached hydrogens (primary N) is 1. The zero-order valence-corrected chi connectivity index (χ0v) is 12.2. The number of ether oxygens (including phenoxy) is 1. The first-order valence-corrected chi connectivity index (χ1v) is 7.54. The number of halogens is 1. The third-order valence-corrected chi connectivity index (χ3v) is 3.80. The van der Waals surface area contributed by atoms with E-state index in [0.717, 1.165) is 31.4 Å². The summed E-state index contributed by atoms with van der Waals surface area (Å²) in [5, 5.41) is 2.75. The molecular formula is C16H23FN2O2. The van der Waals surface area contributed by atoms with E-state index in [1.165, 1.54) is 12.5 Å². The molecular weight excluding hydrogens is 271 g/mol. The Labute approximate surface area is 124 Å². The molecule has 0 bridgehead atoms. The molecule has 3 N–H and O–H groups in total. The summed E-state index contributed by atoms with van der Waals surface area (Å²) in [4.78, 5) is 11.8. The van der Waals surface area contributed by atoms with Crippen molar-refractivity contribution >= 4 is 5.91 Å². The normalized spacial score (nSPS) is 18.5. The lowest BCUT2D eigenvalue weighted by Gasteiger charge is -2.22. The molecule has 4 nitrogen and oxygen atoms in total. The van der Waals surface area contributed by atoms with Crippen molar-refractivity contribution in [3.05, 3.63) is 35.1 Å². The molecule has 0 aliphatic carbocycles. The quantitative estimate of drug-likeness (QED) is 0.846. The summed E-state index contributed by atoms with van der Waals surface area (Å²) in [6, 6.07) is 4.86. The summed E-state index contributed by atoms with van der Waals surface area (Å²) in [6.45, 7) is 1.32. The highest BCUT2D eigenvalue weighted by atomic mass is 19.1. The number of amides is 1. The van der Waals surface area contributed by atoms with E-state index in [4.69, 9.17) is 10.5 Å². The molecule has 1 saturated heterocycles. The van der Waals surface area contributed by atoms with E-state index < -0.39 is 0 Å². The molecule has 0 aromatic heterocycles. The molecule has 0 radical (unpaired) electrons. The maximum Gasteiger partial charge on any atom is 0.220 e. The zero-order valence-electron chi connectivity index (χ0n) is 12.2. The van der Waals surface area contributed by atoms with Crippen molar-refractivity contribution in [2.45, 2.75) is 51.3 Å². The highest BCUT2D eigenvalue weighted by Crippen LogP contribution is 2.17. The Balaban J connectivity index is 1.73. The minimum absolute atomic E-state index is 0.0634. The van der Waals surface area contributed by atoms with Crippen LogP contribution >= 0.6 is 0 Å². The Morgan fingerprint density at radius 3 is 2.95 bits per heavy atom. The SMILES string of the molecule is NCc1ccc(CNC(=O)CCC2CCCCO2)c(F)c1. The molecule has 1 atom stereocenters. The molecule has 1 aliphatic heterocycles. The van der Waals surface area contributed by atoms with Gasteiger partial charge in [-0.1, -0.05) is 12.1 Å². The van der Waals surface area contributed by atoms with E-state index in [1.54, 1.807) is 12.1 Å². The minimum atomic E-state index is -0.325. The standard InChI is InChI=1S/C16H23FN2O2/c17-15-9-12(10-18)4-5-13(15)11-19-16(20)7-6-14-3-1-2-8-21-14/h4-5,9,14H,1-3,6-8,10-11,18H2,(H,19,20). The van der Waals surface area contributed by atoms with Gasteiger partial charge in [0.25, 0.3) is 0 Å². The summed E-state index contributed by atoms with van der Waals surface area (Å²) in [7, 11) is 0. The fourth-order valence-electron chi connectivity index (χ4n) is 2.47. The molecule has 1 aromatic carbocycles. The maximum absolute atomic E-state index is 13.7. The minimum Gasteiger partial charge on any atom is -0.378 e. The van der Waals surface area contributed by atoms with Crippen LogP contribution in [-0.4, -0.2) is 18.6 Å². The van der Waals surface area contributed by atoms with E-state index >= 15 is 0 Å². The van der Waals surface area contributed by atoms with Crippen LogP contribution < -0.4 is 11.1 Å². The number of hydrogen-bond acceptors (Lipinski definition) is 3. The van der Waals surface area contributed by atoms with Crippen LogP contribution in [0.5, 0.6) is 0 Å². The van der Waals surface area contributed by atoms with Gasteiger partial charge in [-0.3, -0.25) is 4.79 Å². The van der Waals surface area contributed by atoms with Crippen molar-refractivity contribution in [3.63, 3.8) is 0 Å². The average molecular weight is 294 g/mol. The highest BCUT2D eigenvalue weighted by Gasteiger charge is 2.15. The molecule has 1 fully saturated rings. The third-order valence-electron chi connectivity index (χ3n) is 3.80. The fourth-order valence-corrected chi connectivity index (χ4v) is 2.47. The lowest BCUT2D eigenvalue weighted by Crippen LogP contribution is -2.26. The first-order chi connectivity index (χ1) is 10.2. The van der Waals surface area contributed by atoms with Gasteiger partial charge in [-0.25, -0.2) is 4.39 Å². The van der Waals surface area contributed by atoms with Crippen LogP contribution in [-0.2, 0) is 22.6 Å². The Morgan fingerprint density at radius 2 is 2.29 bits per heavy atom. The first kappa shape index (κ1) is 15.9. The molecule has 2 rings (SSSR count). The molecule has 0 saturated carbocycles. The van der Waals surface area contributed by atoms with Gasteiger partial charge in [0.2, 0.25) is 5.91 Å². The van der Waals surface area contributed by atoms with E-state index in [1.807, 2.05) is 0 Å². The molecule has 116 valence electrons. The van der Waals surface area contributed by atoms with E-state index in [9.17, 15) is 9.18 Å². The Hall–Kier alpha value is -1.46. The molecule has 0 spiro atoms. The molecule has 1 unspecified atom stereocenters. The van der Waals surface area contributed by atoms with E-state index in [2.05, 4.69) is 5.32 Å². The molecule has 5 heteroatoms. The van der Waals surface area contributed by atoms with Crippen LogP contribution in [0.15, 0.2) is 18.2 Å². The van der Waals surface area contributed by atoms with Crippen molar-refractivity contribution in [2.24, 2.45) is 5.73 Å². The summed E-state index contributed by atoms with van der Waals surface area (Å²) in [5.74, 6) is -0.389. The smallest absolute Gasteiger partial charge is 0.220 e. The van der Waals surface area contributed by atoms with Crippen molar-refractivity contribution in [1.29, 1.82) is 0 Å². The molecule has 1 aromatic rings. The summed E-state index contributed by atoms with van der Waals surface area (Å²) in [5.41, 5.74) is 6.68. The van der Waals surface area contributed by atoms with Crippen LogP contribution in [0.1, 0.15) is 43.2 Å². The van der Waals surface area contributed by atoms with Crippen LogP contribution in [0.3, 0.4) is 0 Å². The third kappa shape index (κ3) is 5.10. The topological polar surface area (TPSA) is 64.3 Å². The first-order valence-electron chi connectivity index (χ1n) is 7.54. The second kappa shape index (κ2) is 8.10. The number of hydrogen-bond donors (Lipinski definition) is 2. The van der Waals surface area contributed by atoms with Gasteiger partial charge in [-0.2, -0.15) is 0 Å². The lowest BCUT2D eigenvalue weighted by molar-refractivity contribution is -0.122. The Kier molecular flexibility index (Phi) is 6.14. The molecule has 21 heavy (non-hydrogen) atoms. The van der Waals surface area contributed by atoms with Crippen LogP contribution in [0.4, 0.5) is 4.39 Å². The van der Waals surface area contributed by atoms with Gasteiger partial charge in [0.1, 0.15) is 5.82 Å². The predicted octanol–water partition coefficient (Wildman–Crippen LogP) is 2.25. The Morgan fingerprint density at radius 1 is 1.43 bits per heavy atom. The number of carbonyl (C=O) groups is 1. The highest BCUT2D eigenvalue weighted by molar-refractivity contribution is 5.75. The largest absolute Gasteiger partial charge is 0.378 e. The fraction of sp³-hybridized carbons (Fsp3) is 0.562. The maximum atomic E-state index is 13.7. The average Bonchev–Trinajstić information content (AvgIpc) is 2.52. The molecule has 1 heterocycles. The monoisotopic (exact) mass is 294 g/mol. The number of carbonyl (C=O) groups excluding carboxylic acids is 1. The predicted molar refractivity (Wildman–Crippen MR) is 79.0 cm³/mol. The zero-order chi connectivity index (χ0) is 15.1. The summed E-state index contributed by atoms with van der Waals surface area (Å²) in [6.07, 6.45) is 4.67. The summed E-state index contributed by atoms with van der Waals surface area (Å²) >= 11 is 0. The second-order valence-corrected chi connectivity index (χ2v) is 5.43. The molecule has 1 amide bonds. The molecule has 1 aliphatic rings. The van der Waals surface area contributed by atoms with Crippen LogP contribution in [0, 0.1) is 5.82 Å². The number of benzene rings is 1. The second-order valence-electron chi connectivity index (χ2n) is 5.43. The van der Waals surface area contributed by atoms with Crippen molar-refractivity contribution in [3.8, 4) is 0 Å². The van der Waals surface area contributed by atoms with Crippen LogP contribution in [0.25, 0.3) is 0 Å². The van der Waals surface area contributed by atoms with Crippen molar-refractivity contribution < 1.29 is 13.9 Å². The number of nitrogens with one attached hydrogen (secondary N) is 1. The van der Waals surface area contributed by atoms with Gasteiger partial charge in [0.15, 0.2) is 0 Å². The lowest BCUT2D eigenvalue weighted by atomic mass is 10.0. The van der Waals surface area contributed by atoms with Gasteiger partial charge < -0.3 is 15.8 Å². The number of rotatable bonds is 6. The van der Waals surface area contributed by atoms with Crippen molar-refractivity contribution in [2.75, 3.05) is 6.61 Å².